The molecule has 0 aromatic rings. The lowest BCUT2D eigenvalue weighted by molar-refractivity contribution is -0.135. The van der Waals surface area contributed by atoms with E-state index in [4.69, 9.17) is 0 Å². The van der Waals surface area contributed by atoms with Gasteiger partial charge in [-0.3, -0.25) is 14.4 Å². The van der Waals surface area contributed by atoms with E-state index < -0.39 is 0 Å². The van der Waals surface area contributed by atoms with E-state index in [1.165, 1.54) is 44.4 Å². The average molecular weight is 891 g/mol. The number of nitrogens with one attached hydrogen (secondary N) is 3. The van der Waals surface area contributed by atoms with Gasteiger partial charge in [0.25, 0.3) is 0 Å². The maximum atomic E-state index is 14.0. The van der Waals surface area contributed by atoms with E-state index in [0.29, 0.717) is 23.8 Å². The first-order valence-corrected chi connectivity index (χ1v) is 25.3. The summed E-state index contributed by atoms with van der Waals surface area (Å²) in [4.78, 5) is 38.7. The van der Waals surface area contributed by atoms with Crippen molar-refractivity contribution in [1.82, 2.24) is 20.9 Å². The summed E-state index contributed by atoms with van der Waals surface area (Å²) in [5.74, 6) is 3.07. The molecule has 0 spiro atoms. The van der Waals surface area contributed by atoms with E-state index in [0.717, 1.165) is 69.5 Å². The van der Waals surface area contributed by atoms with Gasteiger partial charge in [-0.25, -0.2) is 0 Å². The second kappa shape index (κ2) is 50.0. The van der Waals surface area contributed by atoms with Crippen LogP contribution in [-0.4, -0.2) is 67.8 Å². The standard InChI is InChI=1S/C30H47N3O2.C7H15NO.C4H10.C4H8.C3H8.3C2H6.CH5N/c1-6-27(34)26(19-24-15-14-16-24)32-23(4)29-22(3)21(2)20-33(29)30(35)28(31-5)25-17-12-10-8-7-9-11-13-18-25;1-4-7(6(2)3)8-5-9;2*1-4(2)3;1-3-2;4*1-2/h6,8-11,21-22,24-26,28-29,31-32H,1,4,7,12-20H2,2-3,5H3;5-7H,4H2,1-3H3,(H,8,9);4H,1-3H3;1H2,2-3H3;3H2,1-2H3;3*1-2H3;2H2,1H3/b10-8-,11-9-;;;;;;;;/t21?,22-,26?,28?,29?;;;;;;;;/m0......../s1. The molecular weight excluding hydrogens is 779 g/mol. The predicted octanol–water partition coefficient (Wildman–Crippen LogP) is 13.6. The molecule has 3 rings (SSSR count). The number of ketones is 1. The van der Waals surface area contributed by atoms with Crippen LogP contribution in [0.2, 0.25) is 0 Å². The zero-order chi connectivity index (χ0) is 50.5. The molecule has 0 aromatic heterocycles. The minimum atomic E-state index is -0.303. The smallest absolute Gasteiger partial charge is 0.240 e. The van der Waals surface area contributed by atoms with Crippen molar-refractivity contribution >= 4 is 18.1 Å². The number of nitrogens with two attached hydrogens (primary N) is 1. The van der Waals surface area contributed by atoms with Crippen LogP contribution in [0.25, 0.3) is 0 Å². The van der Waals surface area contributed by atoms with Gasteiger partial charge in [0.2, 0.25) is 12.3 Å². The highest BCUT2D eigenvalue weighted by molar-refractivity contribution is 5.94. The molecule has 5 unspecified atom stereocenters. The van der Waals surface area contributed by atoms with Crippen LogP contribution in [-0.2, 0) is 14.4 Å². The summed E-state index contributed by atoms with van der Waals surface area (Å²) in [7, 11) is 3.41. The first-order chi connectivity index (χ1) is 30.0. The molecule has 0 radical (unpaired) electrons. The highest BCUT2D eigenvalue weighted by Crippen LogP contribution is 2.36. The van der Waals surface area contributed by atoms with E-state index in [9.17, 15) is 14.4 Å². The van der Waals surface area contributed by atoms with Gasteiger partial charge in [0.1, 0.15) is 0 Å². The third-order valence-corrected chi connectivity index (χ3v) is 10.1. The fraction of sp³-hybridized carbons (Fsp3) is 0.764. The second-order valence-corrected chi connectivity index (χ2v) is 17.2. The number of allylic oxidation sites excluding steroid dienone is 5. The van der Waals surface area contributed by atoms with Gasteiger partial charge in [0, 0.05) is 18.3 Å². The van der Waals surface area contributed by atoms with Crippen molar-refractivity contribution in [3.8, 4) is 0 Å². The number of nitrogens with zero attached hydrogens (tertiary/aromatic N) is 1. The van der Waals surface area contributed by atoms with Gasteiger partial charge in [-0.15, -0.1) is 6.58 Å². The van der Waals surface area contributed by atoms with Gasteiger partial charge in [-0.2, -0.15) is 0 Å². The molecule has 1 aliphatic heterocycles. The van der Waals surface area contributed by atoms with Crippen LogP contribution < -0.4 is 21.7 Å². The van der Waals surface area contributed by atoms with Crippen molar-refractivity contribution in [2.45, 2.75) is 219 Å². The maximum absolute atomic E-state index is 14.0. The molecule has 63 heavy (non-hydrogen) atoms. The van der Waals surface area contributed by atoms with Crippen molar-refractivity contribution in [3.63, 3.8) is 0 Å². The van der Waals surface area contributed by atoms with Crippen LogP contribution in [0.3, 0.4) is 0 Å². The second-order valence-electron chi connectivity index (χ2n) is 17.2. The van der Waals surface area contributed by atoms with Crippen molar-refractivity contribution in [2.75, 3.05) is 20.6 Å². The topological polar surface area (TPSA) is 117 Å². The lowest BCUT2D eigenvalue weighted by Crippen LogP contribution is -2.53. The van der Waals surface area contributed by atoms with Gasteiger partial charge in [0.15, 0.2) is 5.78 Å². The Balaban J connectivity index is -0.000000238. The zero-order valence-corrected chi connectivity index (χ0v) is 45.6. The fourth-order valence-corrected chi connectivity index (χ4v) is 6.89. The number of amides is 2. The Hall–Kier alpha value is -2.97. The first kappa shape index (κ1) is 71.7. The number of hydrogen-bond acceptors (Lipinski definition) is 6. The highest BCUT2D eigenvalue weighted by atomic mass is 16.2. The van der Waals surface area contributed by atoms with E-state index in [1.54, 1.807) is 0 Å². The van der Waals surface area contributed by atoms with E-state index >= 15 is 0 Å². The summed E-state index contributed by atoms with van der Waals surface area (Å²) >= 11 is 0. The van der Waals surface area contributed by atoms with E-state index in [2.05, 4.69) is 135 Å². The summed E-state index contributed by atoms with van der Waals surface area (Å²) in [6, 6.07) is -0.288. The lowest BCUT2D eigenvalue weighted by atomic mass is 9.80. The highest BCUT2D eigenvalue weighted by Gasteiger charge is 2.44. The molecule has 8 heteroatoms. The Morgan fingerprint density at radius 3 is 1.60 bits per heavy atom. The molecule has 3 aliphatic rings. The molecule has 2 amide bonds. The van der Waals surface area contributed by atoms with Crippen LogP contribution in [0.4, 0.5) is 0 Å². The summed E-state index contributed by atoms with van der Waals surface area (Å²) in [6.45, 7) is 49.8. The van der Waals surface area contributed by atoms with Crippen molar-refractivity contribution in [1.29, 1.82) is 0 Å². The summed E-state index contributed by atoms with van der Waals surface area (Å²) < 4.78 is 0. The van der Waals surface area contributed by atoms with Gasteiger partial charge < -0.3 is 26.6 Å². The molecule has 1 heterocycles. The summed E-state index contributed by atoms with van der Waals surface area (Å²) in [5.41, 5.74) is 6.46. The molecule has 1 saturated carbocycles. The Morgan fingerprint density at radius 2 is 1.29 bits per heavy atom. The molecule has 374 valence electrons. The first-order valence-electron chi connectivity index (χ1n) is 25.3. The molecule has 0 aromatic carbocycles. The van der Waals surface area contributed by atoms with Gasteiger partial charge in [-0.05, 0) is 114 Å². The number of carbonyl (C=O) groups excluding carboxylic acids is 3. The minimum absolute atomic E-state index is 0.0188. The Labute approximate surface area is 394 Å². The van der Waals surface area contributed by atoms with Crippen LogP contribution in [0.15, 0.2) is 61.4 Å². The van der Waals surface area contributed by atoms with Crippen LogP contribution >= 0.6 is 0 Å². The molecule has 0 bridgehead atoms. The zero-order valence-electron chi connectivity index (χ0n) is 45.6. The molecule has 5 N–H and O–H groups in total. The number of likely N-dealkylation sites (N-methyl/N-ethyl adjacent to an activating group) is 1. The third-order valence-electron chi connectivity index (χ3n) is 10.1. The number of hydrogen-bond donors (Lipinski definition) is 4. The fourth-order valence-electron chi connectivity index (χ4n) is 6.89. The SMILES string of the molecule is C=C(C)C.C=CC(=O)C(CC1CCC1)NC(=C)C1[C@@H](C)C(C)CN1C(=O)C(NC)C1CC/C=C\C/C=C\CC1.CC.CC.CC.CC(C)C.CCC.CCC(NC=O)C(C)C.CN. The third kappa shape index (κ3) is 37.0. The van der Waals surface area contributed by atoms with Crippen LogP contribution in [0.1, 0.15) is 195 Å². The molecule has 6 atom stereocenters. The van der Waals surface area contributed by atoms with Gasteiger partial charge >= 0.3 is 0 Å². The number of likely N-dealkylation sites (tertiary alicyclic amines) is 1. The predicted molar refractivity (Wildman–Crippen MR) is 284 cm³/mol. The lowest BCUT2D eigenvalue weighted by Gasteiger charge is -2.36. The normalized spacial score (nSPS) is 19.9. The quantitative estimate of drug-likeness (QED) is 0.0784. The molecule has 2 fully saturated rings. The molecule has 8 nitrogen and oxygen atoms in total. The number of rotatable bonds is 14. The van der Waals surface area contributed by atoms with Crippen molar-refractivity contribution < 1.29 is 14.4 Å². The summed E-state index contributed by atoms with van der Waals surface area (Å²) in [6.07, 6.45) is 22.8. The largest absolute Gasteiger partial charge is 0.377 e. The van der Waals surface area contributed by atoms with Crippen LogP contribution in [0.5, 0.6) is 0 Å². The van der Waals surface area contributed by atoms with Gasteiger partial charge in [0.05, 0.1) is 18.1 Å². The number of carbonyl (C=O) groups is 3. The summed E-state index contributed by atoms with van der Waals surface area (Å²) in [5, 5.41) is 9.59. The van der Waals surface area contributed by atoms with E-state index in [-0.39, 0.29) is 41.7 Å². The van der Waals surface area contributed by atoms with Gasteiger partial charge in [-0.1, -0.05) is 179 Å². The maximum Gasteiger partial charge on any atom is 0.240 e. The molecular formula is C55H111N5O3. The van der Waals surface area contributed by atoms with Crippen molar-refractivity contribution in [3.05, 3.63) is 61.4 Å². The monoisotopic (exact) mass is 890 g/mol. The Morgan fingerprint density at radius 1 is 0.841 bits per heavy atom. The minimum Gasteiger partial charge on any atom is -0.377 e. The average Bonchev–Trinajstić information content (AvgIpc) is 3.55. The van der Waals surface area contributed by atoms with Crippen molar-refractivity contribution in [2.24, 2.45) is 41.2 Å². The van der Waals surface area contributed by atoms with Crippen LogP contribution in [0, 0.1) is 35.5 Å². The Bertz CT molecular complexity index is 1120. The molecule has 2 aliphatic carbocycles. The molecule has 1 saturated heterocycles. The van der Waals surface area contributed by atoms with E-state index in [1.807, 2.05) is 67.3 Å². The Kier molecular flexibility index (Phi) is 56.9.